The molecule has 0 aliphatic heterocycles. The van der Waals surface area contributed by atoms with Gasteiger partial charge in [0.2, 0.25) is 27.6 Å². The molecular formula is C17H28N4O8S. The lowest BCUT2D eigenvalue weighted by atomic mass is 10.0. The molecule has 0 aromatic heterocycles. The maximum Gasteiger partial charge on any atom is 0.303 e. The lowest BCUT2D eigenvalue weighted by Gasteiger charge is -2.23. The summed E-state index contributed by atoms with van der Waals surface area (Å²) in [7, 11) is -4.33. The summed E-state index contributed by atoms with van der Waals surface area (Å²) in [6.45, 7) is 6.44. The fourth-order valence-electron chi connectivity index (χ4n) is 2.34. The number of sulfone groups is 1. The Morgan fingerprint density at radius 3 is 2.03 bits per heavy atom. The number of hydrogen-bond donors (Lipinski definition) is 5. The highest BCUT2D eigenvalue weighted by Gasteiger charge is 2.33. The first-order valence-electron chi connectivity index (χ1n) is 8.99. The van der Waals surface area contributed by atoms with E-state index in [4.69, 9.17) is 16.6 Å². The summed E-state index contributed by atoms with van der Waals surface area (Å²) in [5.74, 6) is -4.26. The average Bonchev–Trinajstić information content (AvgIpc) is 2.63. The Morgan fingerprint density at radius 2 is 1.60 bits per heavy atom. The van der Waals surface area contributed by atoms with E-state index >= 15 is 0 Å². The van der Waals surface area contributed by atoms with Gasteiger partial charge in [-0.1, -0.05) is 20.4 Å². The molecule has 3 atom stereocenters. The second-order valence-electron chi connectivity index (χ2n) is 6.99. The Labute approximate surface area is 174 Å². The third-order valence-corrected chi connectivity index (χ3v) is 5.14. The van der Waals surface area contributed by atoms with Gasteiger partial charge in [-0.25, -0.2) is 8.42 Å². The highest BCUT2D eigenvalue weighted by atomic mass is 32.2. The highest BCUT2D eigenvalue weighted by Crippen LogP contribution is 2.11. The fraction of sp³-hybridized carbons (Fsp3) is 0.588. The van der Waals surface area contributed by atoms with Crippen molar-refractivity contribution in [1.82, 2.24) is 10.6 Å². The Balaban J connectivity index is 5.49. The molecule has 0 aliphatic carbocycles. The minimum absolute atomic E-state index is 0.0347. The van der Waals surface area contributed by atoms with Crippen molar-refractivity contribution in [2.75, 3.05) is 0 Å². The van der Waals surface area contributed by atoms with E-state index < -0.39 is 69.6 Å². The number of carboxylic acids is 1. The normalized spacial score (nSPS) is 14.3. The molecule has 0 aromatic carbocycles. The Bertz CT molecular complexity index is 794. The van der Waals surface area contributed by atoms with E-state index in [0.29, 0.717) is 5.41 Å². The molecule has 0 rings (SSSR count). The summed E-state index contributed by atoms with van der Waals surface area (Å²) < 4.78 is 23.6. The molecule has 0 saturated heterocycles. The summed E-state index contributed by atoms with van der Waals surface area (Å²) in [4.78, 5) is 58.8. The van der Waals surface area contributed by atoms with Gasteiger partial charge in [0.25, 0.3) is 5.12 Å². The van der Waals surface area contributed by atoms with Gasteiger partial charge in [-0.05, 0) is 18.8 Å². The number of nitrogens with one attached hydrogen (secondary N) is 2. The van der Waals surface area contributed by atoms with Crippen LogP contribution in [0.4, 0.5) is 0 Å². The zero-order chi connectivity index (χ0) is 23.6. The monoisotopic (exact) mass is 448 g/mol. The SMILES string of the molecule is C=CS(=O)(=O)C(=O)[C@H](CC(C)C)NC(=O)[C@H](CC(N)=O)NC(=O)[C@@H](N)CCC(=O)O. The van der Waals surface area contributed by atoms with E-state index in [9.17, 15) is 32.4 Å². The molecule has 7 N–H and O–H groups in total. The minimum Gasteiger partial charge on any atom is -0.481 e. The van der Waals surface area contributed by atoms with Crippen LogP contribution in [0.1, 0.15) is 39.5 Å². The van der Waals surface area contributed by atoms with Crippen molar-refractivity contribution in [3.05, 3.63) is 12.0 Å². The number of carbonyl (C=O) groups excluding carboxylic acids is 4. The van der Waals surface area contributed by atoms with Gasteiger partial charge in [0.05, 0.1) is 12.5 Å². The average molecular weight is 448 g/mol. The van der Waals surface area contributed by atoms with Crippen LogP contribution in [0.25, 0.3) is 0 Å². The standard InChI is InChI=1S/C17H28N4O8S/c1-4-30(28,29)17(27)12(7-9(2)3)21-16(26)11(8-13(19)22)20-15(25)10(18)5-6-14(23)24/h4,9-12H,1,5-8,18H2,2-3H3,(H2,19,22)(H,20,25)(H,21,26)(H,23,24)/t10-,11-,12-/m0/s1. The predicted molar refractivity (Wildman–Crippen MR) is 106 cm³/mol. The molecule has 0 aromatic rings. The second-order valence-corrected chi connectivity index (χ2v) is 8.82. The van der Waals surface area contributed by atoms with Gasteiger partial charge in [0.15, 0.2) is 0 Å². The van der Waals surface area contributed by atoms with E-state index in [-0.39, 0.29) is 18.8 Å². The molecule has 0 saturated carbocycles. The van der Waals surface area contributed by atoms with Crippen LogP contribution in [0, 0.1) is 5.92 Å². The molecule has 12 nitrogen and oxygen atoms in total. The fourth-order valence-corrected chi connectivity index (χ4v) is 3.05. The summed E-state index contributed by atoms with van der Waals surface area (Å²) in [5, 5.41) is 12.2. The van der Waals surface area contributed by atoms with Gasteiger partial charge in [0.1, 0.15) is 12.1 Å². The lowest BCUT2D eigenvalue weighted by molar-refractivity contribution is -0.137. The van der Waals surface area contributed by atoms with Gasteiger partial charge in [0, 0.05) is 11.8 Å². The van der Waals surface area contributed by atoms with Crippen LogP contribution in [0.5, 0.6) is 0 Å². The molecular weight excluding hydrogens is 420 g/mol. The summed E-state index contributed by atoms with van der Waals surface area (Å²) >= 11 is 0. The van der Waals surface area contributed by atoms with Crippen molar-refractivity contribution < 1.29 is 37.5 Å². The highest BCUT2D eigenvalue weighted by molar-refractivity contribution is 8.08. The molecule has 0 bridgehead atoms. The number of carboxylic acid groups (broad SMARTS) is 1. The molecule has 13 heteroatoms. The number of carbonyl (C=O) groups is 5. The van der Waals surface area contributed by atoms with Crippen LogP contribution >= 0.6 is 0 Å². The first kappa shape index (κ1) is 27.2. The molecule has 0 aliphatic rings. The van der Waals surface area contributed by atoms with Crippen LogP contribution in [0.2, 0.25) is 0 Å². The number of amides is 3. The van der Waals surface area contributed by atoms with Gasteiger partial charge < -0.3 is 27.2 Å². The molecule has 170 valence electrons. The molecule has 3 amide bonds. The van der Waals surface area contributed by atoms with Crippen molar-refractivity contribution in [2.24, 2.45) is 17.4 Å². The maximum absolute atomic E-state index is 12.6. The third-order valence-electron chi connectivity index (χ3n) is 3.85. The van der Waals surface area contributed by atoms with Crippen molar-refractivity contribution in [1.29, 1.82) is 0 Å². The van der Waals surface area contributed by atoms with Crippen molar-refractivity contribution in [3.63, 3.8) is 0 Å². The summed E-state index contributed by atoms with van der Waals surface area (Å²) in [6.07, 6.45) is -1.31. The van der Waals surface area contributed by atoms with E-state index in [2.05, 4.69) is 17.2 Å². The lowest BCUT2D eigenvalue weighted by Crippen LogP contribution is -2.56. The second kappa shape index (κ2) is 12.0. The largest absolute Gasteiger partial charge is 0.481 e. The Morgan fingerprint density at radius 1 is 1.07 bits per heavy atom. The van der Waals surface area contributed by atoms with Crippen molar-refractivity contribution in [2.45, 2.75) is 57.7 Å². The van der Waals surface area contributed by atoms with Crippen LogP contribution in [0.15, 0.2) is 12.0 Å². The minimum atomic E-state index is -4.33. The molecule has 0 unspecified atom stereocenters. The molecule has 0 spiro atoms. The molecule has 0 heterocycles. The topological polar surface area (TPSA) is 216 Å². The first-order chi connectivity index (χ1) is 13.7. The van der Waals surface area contributed by atoms with Crippen LogP contribution in [-0.4, -0.2) is 60.5 Å². The van der Waals surface area contributed by atoms with Crippen molar-refractivity contribution in [3.8, 4) is 0 Å². The zero-order valence-electron chi connectivity index (χ0n) is 16.8. The Hall–Kier alpha value is -2.80. The Kier molecular flexibility index (Phi) is 10.9. The van der Waals surface area contributed by atoms with Crippen LogP contribution in [-0.2, 0) is 33.8 Å². The van der Waals surface area contributed by atoms with Crippen molar-refractivity contribution >= 4 is 38.6 Å². The third kappa shape index (κ3) is 9.60. The van der Waals surface area contributed by atoms with Gasteiger partial charge in [-0.2, -0.15) is 0 Å². The van der Waals surface area contributed by atoms with E-state index in [0.717, 1.165) is 0 Å². The summed E-state index contributed by atoms with van der Waals surface area (Å²) in [5.41, 5.74) is 10.7. The molecule has 30 heavy (non-hydrogen) atoms. The molecule has 0 fully saturated rings. The molecule has 0 radical (unpaired) electrons. The number of rotatable bonds is 13. The van der Waals surface area contributed by atoms with Gasteiger partial charge in [-0.3, -0.25) is 24.0 Å². The zero-order valence-corrected chi connectivity index (χ0v) is 17.6. The maximum atomic E-state index is 12.6. The number of aliphatic carboxylic acids is 1. The number of nitrogens with two attached hydrogens (primary N) is 2. The van der Waals surface area contributed by atoms with Crippen LogP contribution < -0.4 is 22.1 Å². The van der Waals surface area contributed by atoms with E-state index in [1.165, 1.54) is 0 Å². The first-order valence-corrected chi connectivity index (χ1v) is 10.5. The van der Waals surface area contributed by atoms with E-state index in [1.54, 1.807) is 13.8 Å². The smallest absolute Gasteiger partial charge is 0.303 e. The predicted octanol–water partition coefficient (Wildman–Crippen LogP) is -1.85. The number of primary amides is 1. The van der Waals surface area contributed by atoms with Gasteiger partial charge in [-0.15, -0.1) is 0 Å². The summed E-state index contributed by atoms with van der Waals surface area (Å²) in [6, 6.07) is -4.27. The van der Waals surface area contributed by atoms with Crippen LogP contribution in [0.3, 0.4) is 0 Å². The van der Waals surface area contributed by atoms with E-state index in [1.807, 2.05) is 0 Å². The quantitative estimate of drug-likeness (QED) is 0.213. The van der Waals surface area contributed by atoms with Gasteiger partial charge >= 0.3 is 5.97 Å². The number of hydrogen-bond acceptors (Lipinski definition) is 8.